The highest BCUT2D eigenvalue weighted by Gasteiger charge is 2.06. The number of hydrogen-bond donors (Lipinski definition) is 1. The molecule has 0 saturated carbocycles. The lowest BCUT2D eigenvalue weighted by Crippen LogP contribution is -1.83. The summed E-state index contributed by atoms with van der Waals surface area (Å²) in [6, 6.07) is 10.7. The molecule has 1 nitrogen and oxygen atoms in total. The van der Waals surface area contributed by atoms with Gasteiger partial charge in [0.1, 0.15) is 0 Å². The van der Waals surface area contributed by atoms with E-state index in [4.69, 9.17) is 5.73 Å². The number of nitrogen functional groups attached to an aromatic ring is 1. The average molecular weight is 217 g/mol. The highest BCUT2D eigenvalue weighted by molar-refractivity contribution is 7.16. The summed E-state index contributed by atoms with van der Waals surface area (Å²) in [6.45, 7) is 4.25. The molecule has 0 aliphatic carbocycles. The summed E-state index contributed by atoms with van der Waals surface area (Å²) in [4.78, 5) is 1.35. The van der Waals surface area contributed by atoms with Gasteiger partial charge in [-0.05, 0) is 25.0 Å². The normalized spacial score (nSPS) is 10.5. The van der Waals surface area contributed by atoms with Gasteiger partial charge >= 0.3 is 0 Å². The van der Waals surface area contributed by atoms with E-state index < -0.39 is 0 Å². The van der Waals surface area contributed by atoms with Crippen LogP contribution in [0.4, 0.5) is 5.00 Å². The van der Waals surface area contributed by atoms with Crippen LogP contribution in [0.15, 0.2) is 30.3 Å². The second kappa shape index (κ2) is 4.07. The van der Waals surface area contributed by atoms with E-state index in [1.54, 1.807) is 11.3 Å². The summed E-state index contributed by atoms with van der Waals surface area (Å²) in [5.41, 5.74) is 9.68. The van der Waals surface area contributed by atoms with Crippen molar-refractivity contribution >= 4 is 16.3 Å². The average Bonchev–Trinajstić information content (AvgIpc) is 2.61. The van der Waals surface area contributed by atoms with Gasteiger partial charge in [0.05, 0.1) is 5.00 Å². The first-order valence-electron chi connectivity index (χ1n) is 5.16. The lowest BCUT2D eigenvalue weighted by Gasteiger charge is -2.00. The van der Waals surface area contributed by atoms with E-state index in [2.05, 4.69) is 44.2 Å². The topological polar surface area (TPSA) is 26.0 Å². The standard InChI is InChI=1S/C13H15NS/c1-3-11-8-12(13(14)15-11)10-6-4-9(2)5-7-10/h4-8H,3,14H2,1-2H3. The van der Waals surface area contributed by atoms with Gasteiger partial charge in [-0.25, -0.2) is 0 Å². The Kier molecular flexibility index (Phi) is 2.78. The zero-order valence-electron chi connectivity index (χ0n) is 9.08. The van der Waals surface area contributed by atoms with E-state index in [0.29, 0.717) is 0 Å². The lowest BCUT2D eigenvalue weighted by molar-refractivity contribution is 1.19. The summed E-state index contributed by atoms with van der Waals surface area (Å²) < 4.78 is 0. The van der Waals surface area contributed by atoms with Crippen LogP contribution in [-0.4, -0.2) is 0 Å². The highest BCUT2D eigenvalue weighted by Crippen LogP contribution is 2.34. The molecule has 0 atom stereocenters. The maximum Gasteiger partial charge on any atom is 0.0938 e. The van der Waals surface area contributed by atoms with Crippen molar-refractivity contribution in [3.8, 4) is 11.1 Å². The van der Waals surface area contributed by atoms with Gasteiger partial charge in [0.15, 0.2) is 0 Å². The number of anilines is 1. The Bertz CT molecular complexity index is 454. The van der Waals surface area contributed by atoms with Crippen molar-refractivity contribution in [2.45, 2.75) is 20.3 Å². The van der Waals surface area contributed by atoms with Crippen LogP contribution in [0.2, 0.25) is 0 Å². The van der Waals surface area contributed by atoms with Crippen molar-refractivity contribution in [1.82, 2.24) is 0 Å². The SMILES string of the molecule is CCc1cc(-c2ccc(C)cc2)c(N)s1. The molecule has 0 fully saturated rings. The van der Waals surface area contributed by atoms with E-state index in [9.17, 15) is 0 Å². The first-order valence-corrected chi connectivity index (χ1v) is 5.97. The summed E-state index contributed by atoms with van der Waals surface area (Å²) in [5.74, 6) is 0. The molecule has 2 aromatic rings. The quantitative estimate of drug-likeness (QED) is 0.812. The Morgan fingerprint density at radius 1 is 1.20 bits per heavy atom. The maximum absolute atomic E-state index is 6.01. The molecule has 0 amide bonds. The van der Waals surface area contributed by atoms with E-state index in [1.165, 1.54) is 21.6 Å². The zero-order valence-corrected chi connectivity index (χ0v) is 9.90. The van der Waals surface area contributed by atoms with Crippen LogP contribution in [0.5, 0.6) is 0 Å². The third-order valence-corrected chi connectivity index (χ3v) is 3.63. The zero-order chi connectivity index (χ0) is 10.8. The molecule has 0 saturated heterocycles. The Morgan fingerprint density at radius 2 is 1.87 bits per heavy atom. The Morgan fingerprint density at radius 3 is 2.40 bits per heavy atom. The van der Waals surface area contributed by atoms with Gasteiger partial charge in [0.25, 0.3) is 0 Å². The maximum atomic E-state index is 6.01. The molecule has 1 aromatic heterocycles. The first-order chi connectivity index (χ1) is 7.20. The van der Waals surface area contributed by atoms with Gasteiger partial charge < -0.3 is 5.73 Å². The van der Waals surface area contributed by atoms with Crippen LogP contribution in [0.3, 0.4) is 0 Å². The number of aryl methyl sites for hydroxylation is 2. The molecule has 0 spiro atoms. The van der Waals surface area contributed by atoms with E-state index in [-0.39, 0.29) is 0 Å². The van der Waals surface area contributed by atoms with Crippen LogP contribution in [0.25, 0.3) is 11.1 Å². The van der Waals surface area contributed by atoms with Gasteiger partial charge in [-0.1, -0.05) is 36.8 Å². The van der Waals surface area contributed by atoms with Gasteiger partial charge in [-0.15, -0.1) is 11.3 Å². The van der Waals surface area contributed by atoms with Crippen LogP contribution < -0.4 is 5.73 Å². The van der Waals surface area contributed by atoms with Crippen molar-refractivity contribution in [3.63, 3.8) is 0 Å². The highest BCUT2D eigenvalue weighted by atomic mass is 32.1. The molecular weight excluding hydrogens is 202 g/mol. The fourth-order valence-corrected chi connectivity index (χ4v) is 2.48. The van der Waals surface area contributed by atoms with Crippen LogP contribution in [0, 0.1) is 6.92 Å². The molecule has 1 aromatic carbocycles. The predicted octanol–water partition coefficient (Wildman–Crippen LogP) is 3.87. The summed E-state index contributed by atoms with van der Waals surface area (Å²) in [6.07, 6.45) is 1.06. The molecule has 0 aliphatic rings. The van der Waals surface area contributed by atoms with Gasteiger partial charge in [-0.2, -0.15) is 0 Å². The van der Waals surface area contributed by atoms with Gasteiger partial charge in [0.2, 0.25) is 0 Å². The van der Waals surface area contributed by atoms with Gasteiger partial charge in [-0.3, -0.25) is 0 Å². The molecule has 2 N–H and O–H groups in total. The molecule has 0 unspecified atom stereocenters. The van der Waals surface area contributed by atoms with E-state index in [0.717, 1.165) is 11.4 Å². The Balaban J connectivity index is 2.44. The number of hydrogen-bond acceptors (Lipinski definition) is 2. The van der Waals surface area contributed by atoms with Crippen molar-refractivity contribution in [3.05, 3.63) is 40.8 Å². The largest absolute Gasteiger partial charge is 0.390 e. The molecule has 15 heavy (non-hydrogen) atoms. The Labute approximate surface area is 94.6 Å². The third kappa shape index (κ3) is 2.05. The molecule has 0 aliphatic heterocycles. The smallest absolute Gasteiger partial charge is 0.0938 e. The predicted molar refractivity (Wildman–Crippen MR) is 68.3 cm³/mol. The fourth-order valence-electron chi connectivity index (χ4n) is 1.59. The van der Waals surface area contributed by atoms with Gasteiger partial charge in [0, 0.05) is 10.4 Å². The minimum atomic E-state index is 0.927. The Hall–Kier alpha value is -1.28. The minimum Gasteiger partial charge on any atom is -0.390 e. The lowest BCUT2D eigenvalue weighted by atomic mass is 10.1. The second-order valence-electron chi connectivity index (χ2n) is 3.71. The van der Waals surface area contributed by atoms with Crippen molar-refractivity contribution in [2.75, 3.05) is 5.73 Å². The number of benzene rings is 1. The second-order valence-corrected chi connectivity index (χ2v) is 4.88. The van der Waals surface area contributed by atoms with Crippen LogP contribution in [-0.2, 0) is 6.42 Å². The third-order valence-electron chi connectivity index (χ3n) is 2.52. The van der Waals surface area contributed by atoms with Crippen LogP contribution in [0.1, 0.15) is 17.4 Å². The van der Waals surface area contributed by atoms with Crippen LogP contribution >= 0.6 is 11.3 Å². The molecule has 1 heterocycles. The fraction of sp³-hybridized carbons (Fsp3) is 0.231. The monoisotopic (exact) mass is 217 g/mol. The summed E-state index contributed by atoms with van der Waals surface area (Å²) in [7, 11) is 0. The number of nitrogens with two attached hydrogens (primary N) is 1. The molecule has 2 rings (SSSR count). The van der Waals surface area contributed by atoms with Crippen molar-refractivity contribution in [1.29, 1.82) is 0 Å². The summed E-state index contributed by atoms with van der Waals surface area (Å²) in [5, 5.41) is 0.927. The first kappa shape index (κ1) is 10.2. The van der Waals surface area contributed by atoms with E-state index >= 15 is 0 Å². The number of thiophene rings is 1. The number of rotatable bonds is 2. The van der Waals surface area contributed by atoms with E-state index in [1.807, 2.05) is 0 Å². The molecule has 2 heteroatoms. The summed E-state index contributed by atoms with van der Waals surface area (Å²) >= 11 is 1.69. The van der Waals surface area contributed by atoms with Crippen molar-refractivity contribution in [2.24, 2.45) is 0 Å². The van der Waals surface area contributed by atoms with Crippen molar-refractivity contribution < 1.29 is 0 Å². The molecule has 0 bridgehead atoms. The minimum absolute atomic E-state index is 0.927. The molecular formula is C13H15NS. The molecule has 78 valence electrons. The molecule has 0 radical (unpaired) electrons.